The van der Waals surface area contributed by atoms with E-state index in [2.05, 4.69) is 20.3 Å². The third-order valence-corrected chi connectivity index (χ3v) is 5.84. The minimum atomic E-state index is -0.0877. The van der Waals surface area contributed by atoms with Crippen LogP contribution in [0.15, 0.2) is 60.0 Å². The number of carbonyl (C=O) groups is 1. The van der Waals surface area contributed by atoms with Crippen molar-refractivity contribution in [1.82, 2.24) is 10.1 Å². The van der Waals surface area contributed by atoms with Gasteiger partial charge in [-0.1, -0.05) is 35.9 Å². The van der Waals surface area contributed by atoms with Crippen molar-refractivity contribution in [3.8, 4) is 5.69 Å². The molecule has 1 aromatic heterocycles. The number of hydrogen-bond donors (Lipinski definition) is 2. The lowest BCUT2D eigenvalue weighted by Crippen LogP contribution is -2.35. The van der Waals surface area contributed by atoms with Crippen LogP contribution in [-0.4, -0.2) is 34.8 Å². The number of nitrogens with zero attached hydrogens (tertiary/aromatic N) is 3. The molecule has 0 bridgehead atoms. The van der Waals surface area contributed by atoms with Crippen LogP contribution in [-0.2, 0) is 4.79 Å². The molecule has 1 amide bonds. The van der Waals surface area contributed by atoms with Crippen molar-refractivity contribution in [2.24, 2.45) is 0 Å². The van der Waals surface area contributed by atoms with Gasteiger partial charge < -0.3 is 10.2 Å². The van der Waals surface area contributed by atoms with E-state index in [-0.39, 0.29) is 11.7 Å². The summed E-state index contributed by atoms with van der Waals surface area (Å²) in [5.74, 6) is 0.166. The summed E-state index contributed by atoms with van der Waals surface area (Å²) in [6.07, 6.45) is 3.91. The van der Waals surface area contributed by atoms with E-state index in [1.807, 2.05) is 53.2 Å². The second-order valence-electron chi connectivity index (χ2n) is 6.51. The Bertz CT molecular complexity index is 956. The summed E-state index contributed by atoms with van der Waals surface area (Å²) in [6, 6.07) is 15.5. The van der Waals surface area contributed by atoms with Gasteiger partial charge >= 0.3 is 5.16 Å². The van der Waals surface area contributed by atoms with Gasteiger partial charge in [-0.2, -0.15) is 5.10 Å². The molecule has 8 heteroatoms. The van der Waals surface area contributed by atoms with E-state index in [0.29, 0.717) is 5.02 Å². The second-order valence-corrected chi connectivity index (χ2v) is 7.86. The van der Waals surface area contributed by atoms with Crippen LogP contribution >= 0.6 is 23.4 Å². The van der Waals surface area contributed by atoms with E-state index in [1.165, 1.54) is 11.8 Å². The molecule has 3 aromatic rings. The predicted molar refractivity (Wildman–Crippen MR) is 112 cm³/mol. The quantitative estimate of drug-likeness (QED) is 0.477. The molecule has 4 rings (SSSR count). The summed E-state index contributed by atoms with van der Waals surface area (Å²) in [6.45, 7) is 1.93. The summed E-state index contributed by atoms with van der Waals surface area (Å²) in [7, 11) is 0. The largest absolute Gasteiger partial charge is 0.385 e. The molecule has 0 radical (unpaired) electrons. The van der Waals surface area contributed by atoms with Gasteiger partial charge in [-0.05, 0) is 53.9 Å². The molecule has 2 N–H and O–H groups in total. The summed E-state index contributed by atoms with van der Waals surface area (Å²) >= 11 is 7.80. The molecule has 0 spiro atoms. The zero-order valence-corrected chi connectivity index (χ0v) is 16.8. The number of thioether (sulfide) groups is 1. The number of H-pyrrole nitrogens is 1. The number of rotatable bonds is 6. The van der Waals surface area contributed by atoms with Gasteiger partial charge in [0.2, 0.25) is 12.2 Å². The lowest BCUT2D eigenvalue weighted by Gasteiger charge is -2.22. The van der Waals surface area contributed by atoms with E-state index in [1.54, 1.807) is 6.33 Å². The average molecular weight is 415 g/mol. The Labute approximate surface area is 172 Å². The molecular formula is C20H21ClN5OS+. The Hall–Kier alpha value is -2.51. The molecule has 1 aliphatic heterocycles. The standard InChI is InChI=1S/C20H20ClN5OS/c21-16-9-6-10-17(19(16)25-11-4-5-12-25)24-18(27)13-28-20-22-14-23-26(20)15-7-2-1-3-8-15/h1-3,6-10,14H,4-5,11-13H2,(H,24,27)/p+1. The number of benzene rings is 2. The number of nitrogens with one attached hydrogen (secondary N) is 2. The summed E-state index contributed by atoms with van der Waals surface area (Å²) in [4.78, 5) is 19.2. The van der Waals surface area contributed by atoms with E-state index in [0.717, 1.165) is 48.1 Å². The third kappa shape index (κ3) is 4.15. The van der Waals surface area contributed by atoms with Crippen molar-refractivity contribution in [2.45, 2.75) is 18.0 Å². The number of aromatic amines is 1. The summed E-state index contributed by atoms with van der Waals surface area (Å²) in [5.41, 5.74) is 2.64. The maximum atomic E-state index is 12.6. The van der Waals surface area contributed by atoms with Crippen LogP contribution in [0.25, 0.3) is 5.69 Å². The van der Waals surface area contributed by atoms with Gasteiger partial charge in [-0.25, -0.2) is 0 Å². The molecule has 2 heterocycles. The van der Waals surface area contributed by atoms with E-state index < -0.39 is 0 Å². The van der Waals surface area contributed by atoms with Crippen molar-refractivity contribution in [1.29, 1.82) is 0 Å². The van der Waals surface area contributed by atoms with Crippen LogP contribution in [0.2, 0.25) is 5.02 Å². The van der Waals surface area contributed by atoms with Crippen LogP contribution in [0.4, 0.5) is 11.4 Å². The molecule has 144 valence electrons. The lowest BCUT2D eigenvalue weighted by atomic mass is 10.2. The fourth-order valence-electron chi connectivity index (χ4n) is 3.31. The minimum Gasteiger partial charge on any atom is -0.369 e. The smallest absolute Gasteiger partial charge is 0.369 e. The van der Waals surface area contributed by atoms with Crippen LogP contribution in [0.5, 0.6) is 0 Å². The van der Waals surface area contributed by atoms with E-state index >= 15 is 0 Å². The number of amides is 1. The molecule has 0 saturated carbocycles. The minimum absolute atomic E-state index is 0.0877. The zero-order valence-electron chi connectivity index (χ0n) is 15.3. The fourth-order valence-corrected chi connectivity index (χ4v) is 4.35. The lowest BCUT2D eigenvalue weighted by molar-refractivity contribution is -0.694. The van der Waals surface area contributed by atoms with Crippen molar-refractivity contribution >= 4 is 40.6 Å². The molecule has 0 aliphatic carbocycles. The number of anilines is 2. The van der Waals surface area contributed by atoms with Gasteiger partial charge in [-0.3, -0.25) is 4.79 Å². The highest BCUT2D eigenvalue weighted by atomic mass is 35.5. The number of aromatic nitrogens is 3. The first kappa shape index (κ1) is 18.8. The molecule has 0 atom stereocenters. The van der Waals surface area contributed by atoms with Crippen LogP contribution in [0.3, 0.4) is 0 Å². The highest BCUT2D eigenvalue weighted by Gasteiger charge is 2.21. The van der Waals surface area contributed by atoms with Gasteiger partial charge in [0.05, 0.1) is 22.2 Å². The first-order valence-electron chi connectivity index (χ1n) is 9.19. The van der Waals surface area contributed by atoms with Crippen molar-refractivity contribution in [2.75, 3.05) is 29.1 Å². The normalized spacial score (nSPS) is 13.7. The average Bonchev–Trinajstić information content (AvgIpc) is 3.39. The molecular weight excluding hydrogens is 394 g/mol. The van der Waals surface area contributed by atoms with E-state index in [4.69, 9.17) is 11.6 Å². The first-order valence-corrected chi connectivity index (χ1v) is 10.6. The van der Waals surface area contributed by atoms with Crippen molar-refractivity contribution in [3.05, 3.63) is 59.9 Å². The Morgan fingerprint density at radius 2 is 1.96 bits per heavy atom. The van der Waals surface area contributed by atoms with Crippen LogP contribution in [0.1, 0.15) is 12.8 Å². The molecule has 2 aromatic carbocycles. The maximum Gasteiger partial charge on any atom is 0.385 e. The van der Waals surface area contributed by atoms with Gasteiger partial charge in [0.15, 0.2) is 5.69 Å². The van der Waals surface area contributed by atoms with Crippen molar-refractivity contribution in [3.63, 3.8) is 0 Å². The summed E-state index contributed by atoms with van der Waals surface area (Å²) in [5, 5.41) is 7.49. The SMILES string of the molecule is O=C(CSc1nc[nH][n+]1-c1ccccc1)Nc1cccc(Cl)c1N1CCCC1. The highest BCUT2D eigenvalue weighted by Crippen LogP contribution is 2.36. The monoisotopic (exact) mass is 414 g/mol. The maximum absolute atomic E-state index is 12.6. The Morgan fingerprint density at radius 1 is 1.18 bits per heavy atom. The molecule has 0 unspecified atom stereocenters. The Balaban J connectivity index is 1.44. The second kappa shape index (κ2) is 8.67. The number of hydrogen-bond acceptors (Lipinski definition) is 4. The topological polar surface area (TPSA) is 64.9 Å². The first-order chi connectivity index (χ1) is 13.7. The molecule has 1 fully saturated rings. The number of halogens is 1. The molecule has 1 aliphatic rings. The van der Waals surface area contributed by atoms with Gasteiger partial charge in [0.1, 0.15) is 0 Å². The predicted octanol–water partition coefficient (Wildman–Crippen LogP) is 3.67. The molecule has 28 heavy (non-hydrogen) atoms. The van der Waals surface area contributed by atoms with Crippen LogP contribution < -0.4 is 14.9 Å². The van der Waals surface area contributed by atoms with Gasteiger partial charge in [0, 0.05) is 13.1 Å². The fraction of sp³-hybridized carbons (Fsp3) is 0.250. The Morgan fingerprint density at radius 3 is 2.75 bits per heavy atom. The Kier molecular flexibility index (Phi) is 5.83. The number of para-hydroxylation sites is 2. The van der Waals surface area contributed by atoms with Crippen molar-refractivity contribution < 1.29 is 9.48 Å². The van der Waals surface area contributed by atoms with Gasteiger partial charge in [-0.15, -0.1) is 4.68 Å². The highest BCUT2D eigenvalue weighted by molar-refractivity contribution is 7.99. The molecule has 1 saturated heterocycles. The van der Waals surface area contributed by atoms with Gasteiger partial charge in [0.25, 0.3) is 0 Å². The van der Waals surface area contributed by atoms with E-state index in [9.17, 15) is 4.79 Å². The number of carbonyl (C=O) groups excluding carboxylic acids is 1. The van der Waals surface area contributed by atoms with Crippen LogP contribution in [0, 0.1) is 0 Å². The zero-order chi connectivity index (χ0) is 19.3. The third-order valence-electron chi connectivity index (χ3n) is 4.58. The molecule has 6 nitrogen and oxygen atoms in total. The summed E-state index contributed by atoms with van der Waals surface area (Å²) < 4.78 is 1.85.